The van der Waals surface area contributed by atoms with Crippen molar-refractivity contribution < 1.29 is 14.6 Å². The van der Waals surface area contributed by atoms with Crippen molar-refractivity contribution in [3.8, 4) is 0 Å². The van der Waals surface area contributed by atoms with E-state index in [9.17, 15) is 9.90 Å². The monoisotopic (exact) mass is 434 g/mol. The van der Waals surface area contributed by atoms with Crippen molar-refractivity contribution in [2.75, 3.05) is 13.2 Å². The van der Waals surface area contributed by atoms with Crippen LogP contribution in [0.5, 0.6) is 0 Å². The summed E-state index contributed by atoms with van der Waals surface area (Å²) in [4.78, 5) is 11.0. The number of primary amides is 1. The van der Waals surface area contributed by atoms with Gasteiger partial charge in [-0.25, -0.2) is 10.2 Å². The van der Waals surface area contributed by atoms with Crippen LogP contribution in [0, 0.1) is 34.5 Å². The van der Waals surface area contributed by atoms with E-state index in [-0.39, 0.29) is 11.3 Å². The van der Waals surface area contributed by atoms with Gasteiger partial charge in [0.25, 0.3) is 0 Å². The van der Waals surface area contributed by atoms with E-state index in [1.807, 2.05) is 6.21 Å². The zero-order valence-corrected chi connectivity index (χ0v) is 19.3. The summed E-state index contributed by atoms with van der Waals surface area (Å²) < 4.78 is 6.14. The number of nitrogens with two attached hydrogens (primary N) is 2. The lowest BCUT2D eigenvalue weighted by molar-refractivity contribution is -0.207. The van der Waals surface area contributed by atoms with Crippen LogP contribution in [-0.2, 0) is 4.74 Å². The zero-order valence-electron chi connectivity index (χ0n) is 19.3. The third-order valence-electron chi connectivity index (χ3n) is 10.0. The number of aliphatic hydroxyl groups is 1. The first-order valence-electron chi connectivity index (χ1n) is 12.4. The molecular formula is C24H42N4O3. The summed E-state index contributed by atoms with van der Waals surface area (Å²) in [5.41, 5.74) is 12.6. The number of rotatable bonds is 6. The number of nitrogens with one attached hydrogen (secondary N) is 1. The first kappa shape index (κ1) is 23.0. The maximum atomic E-state index is 12.1. The number of hydrogen-bond acceptors (Lipinski definition) is 5. The van der Waals surface area contributed by atoms with Gasteiger partial charge < -0.3 is 21.3 Å². The van der Waals surface area contributed by atoms with E-state index in [1.54, 1.807) is 0 Å². The van der Waals surface area contributed by atoms with Crippen molar-refractivity contribution in [3.63, 3.8) is 0 Å². The van der Waals surface area contributed by atoms with Gasteiger partial charge in [0.15, 0.2) is 0 Å². The third kappa shape index (κ3) is 3.80. The van der Waals surface area contributed by atoms with Crippen LogP contribution in [0.3, 0.4) is 0 Å². The molecule has 0 aromatic carbocycles. The van der Waals surface area contributed by atoms with Crippen molar-refractivity contribution in [3.05, 3.63) is 0 Å². The minimum Gasteiger partial charge on any atom is -0.389 e. The fourth-order valence-corrected chi connectivity index (χ4v) is 8.14. The molecule has 4 aliphatic carbocycles. The van der Waals surface area contributed by atoms with Crippen molar-refractivity contribution in [1.82, 2.24) is 5.43 Å². The van der Waals surface area contributed by atoms with E-state index in [0.29, 0.717) is 35.8 Å². The molecular weight excluding hydrogens is 392 g/mol. The van der Waals surface area contributed by atoms with Gasteiger partial charge in [-0.05, 0) is 93.9 Å². The molecule has 0 saturated heterocycles. The summed E-state index contributed by atoms with van der Waals surface area (Å²) in [6.07, 6.45) is 12.8. The van der Waals surface area contributed by atoms with Crippen LogP contribution >= 0.6 is 0 Å². The molecule has 8 atom stereocenters. The van der Waals surface area contributed by atoms with Crippen molar-refractivity contribution in [2.24, 2.45) is 51.1 Å². The number of hydrogen-bond donors (Lipinski definition) is 4. The van der Waals surface area contributed by atoms with Crippen molar-refractivity contribution in [2.45, 2.75) is 89.8 Å². The second-order valence-electron chi connectivity index (χ2n) is 11.2. The summed E-state index contributed by atoms with van der Waals surface area (Å²) in [6.45, 7) is 6.22. The van der Waals surface area contributed by atoms with Gasteiger partial charge in [0.05, 0.1) is 11.7 Å². The number of urea groups is 1. The Morgan fingerprint density at radius 1 is 1.16 bits per heavy atom. The van der Waals surface area contributed by atoms with Crippen LogP contribution in [-0.4, -0.2) is 42.2 Å². The predicted octanol–water partition coefficient (Wildman–Crippen LogP) is 3.15. The molecule has 0 aromatic rings. The lowest BCUT2D eigenvalue weighted by Crippen LogP contribution is -2.62. The second kappa shape index (κ2) is 8.64. The van der Waals surface area contributed by atoms with Gasteiger partial charge >= 0.3 is 6.03 Å². The highest BCUT2D eigenvalue weighted by atomic mass is 16.5. The number of ether oxygens (including phenoxy) is 1. The SMILES string of the molecule is C[C@]12CCC(OCCCN)C[C@H]1CC[C@@H]1[C@@H]2CC[C@]2(C)[C@@H](/C=N/NC(N)=O)CC[C@]12O. The van der Waals surface area contributed by atoms with Gasteiger partial charge in [0.2, 0.25) is 0 Å². The number of carbonyl (C=O) groups excluding carboxylic acids is 1. The average Bonchev–Trinajstić information content (AvgIpc) is 2.99. The topological polar surface area (TPSA) is 123 Å². The molecule has 0 spiro atoms. The summed E-state index contributed by atoms with van der Waals surface area (Å²) in [5, 5.41) is 16.2. The van der Waals surface area contributed by atoms with E-state index in [1.165, 1.54) is 19.3 Å². The Balaban J connectivity index is 1.48. The van der Waals surface area contributed by atoms with E-state index in [2.05, 4.69) is 24.4 Å². The van der Waals surface area contributed by atoms with Crippen LogP contribution in [0.1, 0.15) is 78.1 Å². The molecule has 0 radical (unpaired) electrons. The van der Waals surface area contributed by atoms with E-state index in [0.717, 1.165) is 51.6 Å². The van der Waals surface area contributed by atoms with Gasteiger partial charge in [-0.2, -0.15) is 5.10 Å². The Morgan fingerprint density at radius 3 is 2.71 bits per heavy atom. The molecule has 0 bridgehead atoms. The lowest BCUT2D eigenvalue weighted by atomic mass is 9.43. The molecule has 31 heavy (non-hydrogen) atoms. The highest BCUT2D eigenvalue weighted by Gasteiger charge is 2.66. The molecule has 0 heterocycles. The Kier molecular flexibility index (Phi) is 6.41. The average molecular weight is 435 g/mol. The van der Waals surface area contributed by atoms with Crippen LogP contribution in [0.4, 0.5) is 4.79 Å². The summed E-state index contributed by atoms with van der Waals surface area (Å²) in [6, 6.07) is -0.646. The van der Waals surface area contributed by atoms with Gasteiger partial charge in [0.1, 0.15) is 0 Å². The van der Waals surface area contributed by atoms with Crippen molar-refractivity contribution in [1.29, 1.82) is 0 Å². The number of hydrazone groups is 1. The fourth-order valence-electron chi connectivity index (χ4n) is 8.14. The summed E-state index contributed by atoms with van der Waals surface area (Å²) in [7, 11) is 0. The molecule has 4 aliphatic rings. The van der Waals surface area contributed by atoms with Crippen LogP contribution in [0.15, 0.2) is 5.10 Å². The van der Waals surface area contributed by atoms with E-state index in [4.69, 9.17) is 16.2 Å². The summed E-state index contributed by atoms with van der Waals surface area (Å²) >= 11 is 0. The van der Waals surface area contributed by atoms with Gasteiger partial charge in [0, 0.05) is 24.2 Å². The lowest BCUT2D eigenvalue weighted by Gasteiger charge is -2.63. The minimum absolute atomic E-state index is 0.169. The predicted molar refractivity (Wildman–Crippen MR) is 121 cm³/mol. The molecule has 2 amide bonds. The number of fused-ring (bicyclic) bond motifs is 5. The summed E-state index contributed by atoms with van der Waals surface area (Å²) in [5.74, 6) is 1.79. The van der Waals surface area contributed by atoms with Crippen molar-refractivity contribution >= 4 is 12.2 Å². The molecule has 4 fully saturated rings. The molecule has 0 aromatic heterocycles. The fraction of sp³-hybridized carbons (Fsp3) is 0.917. The Morgan fingerprint density at radius 2 is 1.97 bits per heavy atom. The Hall–Kier alpha value is -1.18. The van der Waals surface area contributed by atoms with Crippen LogP contribution in [0.25, 0.3) is 0 Å². The normalized spacial score (nSPS) is 46.9. The number of carbonyl (C=O) groups is 1. The molecule has 0 aliphatic heterocycles. The molecule has 1 unspecified atom stereocenters. The van der Waals surface area contributed by atoms with Gasteiger partial charge in [-0.1, -0.05) is 13.8 Å². The first-order valence-corrected chi connectivity index (χ1v) is 12.4. The first-order chi connectivity index (χ1) is 14.7. The zero-order chi connectivity index (χ0) is 22.3. The second-order valence-corrected chi connectivity index (χ2v) is 11.2. The number of nitrogens with zero attached hydrogens (tertiary/aromatic N) is 1. The van der Waals surface area contributed by atoms with E-state index >= 15 is 0 Å². The minimum atomic E-state index is -0.651. The van der Waals surface area contributed by atoms with Crippen LogP contribution < -0.4 is 16.9 Å². The highest BCUT2D eigenvalue weighted by Crippen LogP contribution is 2.68. The maximum absolute atomic E-state index is 12.1. The maximum Gasteiger partial charge on any atom is 0.332 e. The largest absolute Gasteiger partial charge is 0.389 e. The molecule has 7 heteroatoms. The standard InChI is InChI=1S/C24H42N4O3/c1-22-9-7-18(31-13-3-12-25)14-16(22)4-5-20-19(22)8-10-23(2)17(6-11-24(20,23)30)15-27-28-21(26)29/h15-20,30H,3-14,25H2,1-2H3,(H3,26,28,29)/b27-15+/t16-,17-,18?,19+,20-,22+,23-,24+/m1/s1. The van der Waals surface area contributed by atoms with E-state index < -0.39 is 11.6 Å². The molecule has 4 saturated carbocycles. The van der Waals surface area contributed by atoms with Gasteiger partial charge in [-0.3, -0.25) is 0 Å². The molecule has 176 valence electrons. The molecule has 6 N–H and O–H groups in total. The third-order valence-corrected chi connectivity index (χ3v) is 10.0. The Labute approximate surface area is 186 Å². The molecule has 4 rings (SSSR count). The Bertz CT molecular complexity index is 702. The quantitative estimate of drug-likeness (QED) is 0.291. The highest BCUT2D eigenvalue weighted by molar-refractivity contribution is 5.73. The number of amides is 2. The van der Waals surface area contributed by atoms with Gasteiger partial charge in [-0.15, -0.1) is 0 Å². The van der Waals surface area contributed by atoms with Crippen LogP contribution in [0.2, 0.25) is 0 Å². The smallest absolute Gasteiger partial charge is 0.332 e. The molecule has 7 nitrogen and oxygen atoms in total.